The van der Waals surface area contributed by atoms with Crippen molar-refractivity contribution in [3.05, 3.63) is 88.0 Å². The van der Waals surface area contributed by atoms with Gasteiger partial charge in [0.2, 0.25) is 0 Å². The minimum Gasteiger partial charge on any atom is -0.350 e. The van der Waals surface area contributed by atoms with Crippen LogP contribution in [-0.2, 0) is 13.1 Å². The van der Waals surface area contributed by atoms with Crippen molar-refractivity contribution in [1.29, 1.82) is 0 Å². The summed E-state index contributed by atoms with van der Waals surface area (Å²) < 4.78 is 3.49. The van der Waals surface area contributed by atoms with Crippen LogP contribution >= 0.6 is 0 Å². The van der Waals surface area contributed by atoms with E-state index in [1.807, 2.05) is 47.9 Å². The quantitative estimate of drug-likeness (QED) is 0.533. The van der Waals surface area contributed by atoms with Gasteiger partial charge < -0.3 is 9.88 Å². The summed E-state index contributed by atoms with van der Waals surface area (Å²) in [5.74, 6) is -0.257. The third-order valence-corrected chi connectivity index (χ3v) is 4.88. The fourth-order valence-electron chi connectivity index (χ4n) is 3.40. The van der Waals surface area contributed by atoms with Crippen LogP contribution in [0.2, 0.25) is 0 Å². The molecule has 0 saturated heterocycles. The number of nitrogens with one attached hydrogen (secondary N) is 1. The lowest BCUT2D eigenvalue weighted by Crippen LogP contribution is -2.33. The predicted octanol–water partition coefficient (Wildman–Crippen LogP) is 2.08. The molecule has 152 valence electrons. The second-order valence-electron chi connectivity index (χ2n) is 7.15. The molecule has 4 rings (SSSR count). The van der Waals surface area contributed by atoms with Crippen molar-refractivity contribution in [1.82, 2.24) is 29.4 Å². The number of imidazole rings is 1. The van der Waals surface area contributed by atoms with E-state index in [0.717, 1.165) is 16.9 Å². The number of hydrogen-bond donors (Lipinski definition) is 1. The number of carbonyl (C=O) groups is 1. The van der Waals surface area contributed by atoms with Gasteiger partial charge in [0.1, 0.15) is 5.52 Å². The van der Waals surface area contributed by atoms with Gasteiger partial charge in [0.05, 0.1) is 18.4 Å². The molecule has 0 saturated carbocycles. The maximum absolute atomic E-state index is 12.5. The molecule has 8 nitrogen and oxygen atoms in total. The summed E-state index contributed by atoms with van der Waals surface area (Å²) in [5, 5.41) is 2.83. The van der Waals surface area contributed by atoms with Gasteiger partial charge in [-0.25, -0.2) is 14.8 Å². The number of fused-ring (bicyclic) bond motifs is 1. The van der Waals surface area contributed by atoms with Gasteiger partial charge in [-0.2, -0.15) is 4.98 Å². The van der Waals surface area contributed by atoms with E-state index in [0.29, 0.717) is 36.4 Å². The zero-order valence-corrected chi connectivity index (χ0v) is 16.9. The number of rotatable bonds is 6. The largest absolute Gasteiger partial charge is 0.350 e. The molecule has 1 aromatic carbocycles. The lowest BCUT2D eigenvalue weighted by molar-refractivity contribution is 0.0952. The maximum Gasteiger partial charge on any atom is 0.348 e. The first-order valence-corrected chi connectivity index (χ1v) is 9.69. The first-order chi connectivity index (χ1) is 14.5. The zero-order valence-electron chi connectivity index (χ0n) is 16.9. The number of benzene rings is 1. The van der Waals surface area contributed by atoms with Crippen LogP contribution in [0.3, 0.4) is 0 Å². The van der Waals surface area contributed by atoms with Crippen LogP contribution in [0.15, 0.2) is 59.8 Å². The second kappa shape index (κ2) is 8.28. The van der Waals surface area contributed by atoms with E-state index in [1.54, 1.807) is 30.1 Å². The number of nitrogens with zero attached hydrogens (tertiary/aromatic N) is 5. The van der Waals surface area contributed by atoms with Crippen LogP contribution in [0.5, 0.6) is 0 Å². The first kappa shape index (κ1) is 19.5. The summed E-state index contributed by atoms with van der Waals surface area (Å²) in [5.41, 5.74) is 4.15. The second-order valence-corrected chi connectivity index (χ2v) is 7.15. The Hall–Kier alpha value is -3.81. The van der Waals surface area contributed by atoms with Crippen LogP contribution in [0.4, 0.5) is 0 Å². The minimum atomic E-state index is -0.311. The van der Waals surface area contributed by atoms with E-state index in [-0.39, 0.29) is 11.6 Å². The highest BCUT2D eigenvalue weighted by atomic mass is 16.2. The van der Waals surface area contributed by atoms with Gasteiger partial charge in [0.15, 0.2) is 5.65 Å². The molecule has 0 aliphatic carbocycles. The van der Waals surface area contributed by atoms with Crippen molar-refractivity contribution < 1.29 is 4.79 Å². The fraction of sp³-hybridized carbons (Fsp3) is 0.227. The molecule has 3 heterocycles. The van der Waals surface area contributed by atoms with E-state index >= 15 is 0 Å². The molecular formula is C22H22N6O2. The molecule has 1 amide bonds. The van der Waals surface area contributed by atoms with Gasteiger partial charge in [-0.15, -0.1) is 0 Å². The van der Waals surface area contributed by atoms with Crippen LogP contribution in [0.25, 0.3) is 11.2 Å². The minimum absolute atomic E-state index is 0.257. The fourth-order valence-corrected chi connectivity index (χ4v) is 3.40. The number of amides is 1. The molecule has 3 aromatic heterocycles. The summed E-state index contributed by atoms with van der Waals surface area (Å²) in [4.78, 5) is 37.3. The molecule has 0 atom stereocenters. The number of hydrogen-bond acceptors (Lipinski definition) is 5. The maximum atomic E-state index is 12.5. The van der Waals surface area contributed by atoms with E-state index in [1.165, 1.54) is 0 Å². The Kier molecular flexibility index (Phi) is 5.38. The molecule has 0 bridgehead atoms. The third kappa shape index (κ3) is 4.12. The Bertz CT molecular complexity index is 1260. The summed E-state index contributed by atoms with van der Waals surface area (Å²) >= 11 is 0. The number of aromatic nitrogens is 5. The molecule has 0 spiro atoms. The number of aryl methyl sites for hydroxylation is 2. The van der Waals surface area contributed by atoms with E-state index in [4.69, 9.17) is 0 Å². The molecule has 1 N–H and O–H groups in total. The molecule has 8 heteroatoms. The summed E-state index contributed by atoms with van der Waals surface area (Å²) in [6.45, 7) is 4.96. The summed E-state index contributed by atoms with van der Waals surface area (Å²) in [6, 6.07) is 13.6. The summed E-state index contributed by atoms with van der Waals surface area (Å²) in [7, 11) is 0. The Morgan fingerprint density at radius 1 is 1.10 bits per heavy atom. The Morgan fingerprint density at radius 3 is 2.67 bits per heavy atom. The van der Waals surface area contributed by atoms with E-state index in [2.05, 4.69) is 20.3 Å². The van der Waals surface area contributed by atoms with E-state index in [9.17, 15) is 9.59 Å². The molecule has 4 aromatic rings. The molecule has 0 aliphatic rings. The van der Waals surface area contributed by atoms with Crippen molar-refractivity contribution in [2.24, 2.45) is 0 Å². The number of carbonyl (C=O) groups excluding carboxylic acids is 1. The smallest absolute Gasteiger partial charge is 0.348 e. The van der Waals surface area contributed by atoms with Crippen LogP contribution in [0, 0.1) is 13.8 Å². The highest BCUT2D eigenvalue weighted by molar-refractivity contribution is 5.96. The highest BCUT2D eigenvalue weighted by Gasteiger charge is 2.11. The molecular weight excluding hydrogens is 380 g/mol. The molecule has 0 radical (unpaired) electrons. The van der Waals surface area contributed by atoms with Gasteiger partial charge in [0.25, 0.3) is 5.91 Å². The standard InChI is InChI=1S/C22H22N6O2/c1-15-10-16(2)28(22(30)26-15)9-8-23-21(29)18-11-19-20(24-12-18)27(14-25-19)13-17-6-4-3-5-7-17/h3-7,10-12,14H,8-9,13H2,1-2H3,(H,23,29). The average Bonchev–Trinajstić information content (AvgIpc) is 3.12. The highest BCUT2D eigenvalue weighted by Crippen LogP contribution is 2.14. The topological polar surface area (TPSA) is 94.7 Å². The predicted molar refractivity (Wildman–Crippen MR) is 113 cm³/mol. The molecule has 30 heavy (non-hydrogen) atoms. The third-order valence-electron chi connectivity index (χ3n) is 4.88. The van der Waals surface area contributed by atoms with Crippen molar-refractivity contribution >= 4 is 17.1 Å². The van der Waals surface area contributed by atoms with Crippen molar-refractivity contribution in [2.75, 3.05) is 6.54 Å². The molecule has 0 unspecified atom stereocenters. The monoisotopic (exact) mass is 402 g/mol. The zero-order chi connectivity index (χ0) is 21.1. The van der Waals surface area contributed by atoms with Crippen molar-refractivity contribution in [2.45, 2.75) is 26.9 Å². The van der Waals surface area contributed by atoms with Gasteiger partial charge in [-0.1, -0.05) is 30.3 Å². The van der Waals surface area contributed by atoms with Crippen LogP contribution < -0.4 is 11.0 Å². The van der Waals surface area contributed by atoms with Gasteiger partial charge >= 0.3 is 5.69 Å². The lowest BCUT2D eigenvalue weighted by Gasteiger charge is -2.10. The first-order valence-electron chi connectivity index (χ1n) is 9.69. The van der Waals surface area contributed by atoms with Gasteiger partial charge in [-0.05, 0) is 31.5 Å². The van der Waals surface area contributed by atoms with Crippen molar-refractivity contribution in [3.8, 4) is 0 Å². The Labute approximate surface area is 173 Å². The number of pyridine rings is 1. The van der Waals surface area contributed by atoms with Crippen LogP contribution in [0.1, 0.15) is 27.3 Å². The van der Waals surface area contributed by atoms with Crippen LogP contribution in [-0.4, -0.2) is 36.5 Å². The SMILES string of the molecule is Cc1cc(C)n(CCNC(=O)c2cnc3c(c2)ncn3Cc2ccccc2)c(=O)n1. The Morgan fingerprint density at radius 2 is 1.90 bits per heavy atom. The average molecular weight is 402 g/mol. The van der Waals surface area contributed by atoms with Crippen molar-refractivity contribution in [3.63, 3.8) is 0 Å². The summed E-state index contributed by atoms with van der Waals surface area (Å²) in [6.07, 6.45) is 3.28. The van der Waals surface area contributed by atoms with E-state index < -0.39 is 0 Å². The lowest BCUT2D eigenvalue weighted by atomic mass is 10.2. The Balaban J connectivity index is 1.43. The van der Waals surface area contributed by atoms with Gasteiger partial charge in [-0.3, -0.25) is 9.36 Å². The normalized spacial score (nSPS) is 11.0. The molecule has 0 fully saturated rings. The van der Waals surface area contributed by atoms with Gasteiger partial charge in [0, 0.05) is 30.7 Å². The molecule has 0 aliphatic heterocycles.